The van der Waals surface area contributed by atoms with E-state index in [1.54, 1.807) is 18.2 Å². The SMILES string of the molecule is O=C1C=C(O)[C@@H](n2cncn2)[C@H](c2ccc(Cl)cc2Cl)C1. The minimum absolute atomic E-state index is 0.0484. The average Bonchev–Trinajstić information content (AvgIpc) is 2.91. The zero-order chi connectivity index (χ0) is 15.0. The molecule has 0 amide bonds. The Hall–Kier alpha value is -1.85. The van der Waals surface area contributed by atoms with Gasteiger partial charge in [-0.15, -0.1) is 0 Å². The van der Waals surface area contributed by atoms with Crippen molar-refractivity contribution in [3.63, 3.8) is 0 Å². The summed E-state index contributed by atoms with van der Waals surface area (Å²) in [5.74, 6) is -0.526. The molecule has 0 fully saturated rings. The molecule has 0 radical (unpaired) electrons. The zero-order valence-corrected chi connectivity index (χ0v) is 12.3. The van der Waals surface area contributed by atoms with Crippen LogP contribution in [0.3, 0.4) is 0 Å². The van der Waals surface area contributed by atoms with Crippen LogP contribution in [0.15, 0.2) is 42.7 Å². The van der Waals surface area contributed by atoms with Crippen molar-refractivity contribution in [2.24, 2.45) is 0 Å². The second kappa shape index (κ2) is 5.50. The fourth-order valence-electron chi connectivity index (χ4n) is 2.61. The number of rotatable bonds is 2. The van der Waals surface area contributed by atoms with Gasteiger partial charge in [-0.2, -0.15) is 5.10 Å². The van der Waals surface area contributed by atoms with Gasteiger partial charge in [0.2, 0.25) is 0 Å². The van der Waals surface area contributed by atoms with Crippen LogP contribution >= 0.6 is 23.2 Å². The summed E-state index contributed by atoms with van der Waals surface area (Å²) in [4.78, 5) is 15.7. The fraction of sp³-hybridized carbons (Fsp3) is 0.214. The molecule has 0 aliphatic heterocycles. The molecule has 1 aliphatic carbocycles. The number of ketones is 1. The molecule has 0 spiro atoms. The quantitative estimate of drug-likeness (QED) is 0.920. The summed E-state index contributed by atoms with van der Waals surface area (Å²) >= 11 is 12.2. The van der Waals surface area contributed by atoms with Crippen molar-refractivity contribution >= 4 is 29.0 Å². The molecule has 108 valence electrons. The third-order valence-electron chi connectivity index (χ3n) is 3.50. The highest BCUT2D eigenvalue weighted by Crippen LogP contribution is 2.42. The summed E-state index contributed by atoms with van der Waals surface area (Å²) in [5, 5.41) is 15.2. The highest BCUT2D eigenvalue weighted by atomic mass is 35.5. The van der Waals surface area contributed by atoms with E-state index in [4.69, 9.17) is 23.2 Å². The van der Waals surface area contributed by atoms with Crippen LogP contribution in [0.25, 0.3) is 0 Å². The Balaban J connectivity index is 2.10. The Morgan fingerprint density at radius 1 is 1.33 bits per heavy atom. The van der Waals surface area contributed by atoms with Crippen LogP contribution in [-0.4, -0.2) is 25.7 Å². The topological polar surface area (TPSA) is 68.0 Å². The van der Waals surface area contributed by atoms with Crippen LogP contribution in [0.5, 0.6) is 0 Å². The number of carbonyl (C=O) groups excluding carboxylic acids is 1. The minimum Gasteiger partial charge on any atom is -0.510 e. The van der Waals surface area contributed by atoms with Gasteiger partial charge in [0.25, 0.3) is 0 Å². The second-order valence-electron chi connectivity index (χ2n) is 4.83. The van der Waals surface area contributed by atoms with E-state index >= 15 is 0 Å². The van der Waals surface area contributed by atoms with Gasteiger partial charge in [0.05, 0.1) is 0 Å². The first kappa shape index (κ1) is 14.1. The number of aliphatic hydroxyl groups excluding tert-OH is 1. The summed E-state index contributed by atoms with van der Waals surface area (Å²) in [6.45, 7) is 0. The van der Waals surface area contributed by atoms with Crippen molar-refractivity contribution in [3.05, 3.63) is 58.3 Å². The smallest absolute Gasteiger partial charge is 0.159 e. The number of aliphatic hydroxyl groups is 1. The van der Waals surface area contributed by atoms with Gasteiger partial charge in [-0.3, -0.25) is 4.79 Å². The second-order valence-corrected chi connectivity index (χ2v) is 5.68. The van der Waals surface area contributed by atoms with E-state index in [1.165, 1.54) is 23.4 Å². The first-order valence-electron chi connectivity index (χ1n) is 6.28. The molecule has 1 aromatic carbocycles. The summed E-state index contributed by atoms with van der Waals surface area (Å²) in [5.41, 5.74) is 0.745. The first-order chi connectivity index (χ1) is 10.1. The molecule has 1 heterocycles. The van der Waals surface area contributed by atoms with Gasteiger partial charge < -0.3 is 5.11 Å². The molecule has 0 saturated carbocycles. The number of nitrogens with zero attached hydrogens (tertiary/aromatic N) is 3. The normalized spacial score (nSPS) is 22.2. The Kier molecular flexibility index (Phi) is 3.69. The van der Waals surface area contributed by atoms with E-state index in [0.717, 1.165) is 5.56 Å². The third kappa shape index (κ3) is 2.66. The molecule has 2 aromatic rings. The summed E-state index contributed by atoms with van der Waals surface area (Å²) in [6.07, 6.45) is 4.34. The lowest BCUT2D eigenvalue weighted by molar-refractivity contribution is -0.116. The molecule has 0 bridgehead atoms. The summed E-state index contributed by atoms with van der Waals surface area (Å²) < 4.78 is 1.52. The molecular weight excluding hydrogens is 313 g/mol. The van der Waals surface area contributed by atoms with Gasteiger partial charge in [-0.1, -0.05) is 29.3 Å². The lowest BCUT2D eigenvalue weighted by Crippen LogP contribution is -2.27. The molecule has 1 N–H and O–H groups in total. The van der Waals surface area contributed by atoms with Crippen LogP contribution < -0.4 is 0 Å². The van der Waals surface area contributed by atoms with Crippen molar-refractivity contribution in [2.45, 2.75) is 18.4 Å². The molecule has 0 saturated heterocycles. The average molecular weight is 324 g/mol. The van der Waals surface area contributed by atoms with Crippen molar-refractivity contribution in [2.75, 3.05) is 0 Å². The number of hydrogen-bond acceptors (Lipinski definition) is 4. The molecule has 2 atom stereocenters. The maximum Gasteiger partial charge on any atom is 0.159 e. The van der Waals surface area contributed by atoms with E-state index in [9.17, 15) is 9.90 Å². The van der Waals surface area contributed by atoms with Crippen LogP contribution in [0, 0.1) is 0 Å². The largest absolute Gasteiger partial charge is 0.510 e. The van der Waals surface area contributed by atoms with Crippen LogP contribution in [0.1, 0.15) is 23.9 Å². The molecule has 21 heavy (non-hydrogen) atoms. The third-order valence-corrected chi connectivity index (χ3v) is 4.06. The Labute approximate surface area is 130 Å². The van der Waals surface area contributed by atoms with E-state index in [2.05, 4.69) is 10.1 Å². The van der Waals surface area contributed by atoms with Gasteiger partial charge in [0.1, 0.15) is 24.5 Å². The Bertz CT molecular complexity index is 713. The van der Waals surface area contributed by atoms with Gasteiger partial charge in [0, 0.05) is 28.5 Å². The highest BCUT2D eigenvalue weighted by molar-refractivity contribution is 6.35. The van der Waals surface area contributed by atoms with Gasteiger partial charge in [-0.05, 0) is 17.7 Å². The van der Waals surface area contributed by atoms with E-state index < -0.39 is 6.04 Å². The van der Waals surface area contributed by atoms with Crippen molar-refractivity contribution in [1.29, 1.82) is 0 Å². The predicted molar refractivity (Wildman–Crippen MR) is 78.6 cm³/mol. The standard InChI is InChI=1S/C14H11Cl2N3O2/c15-8-1-2-10(12(16)3-8)11-4-9(20)5-13(21)14(11)19-7-17-6-18-19/h1-3,5-7,11,14,21H,4H2/t11-,14-/m0/s1. The molecule has 5 nitrogen and oxygen atoms in total. The lowest BCUT2D eigenvalue weighted by Gasteiger charge is -2.30. The van der Waals surface area contributed by atoms with E-state index in [1.807, 2.05) is 0 Å². The molecule has 3 rings (SSSR count). The maximum absolute atomic E-state index is 11.8. The molecule has 1 aliphatic rings. The Morgan fingerprint density at radius 3 is 2.81 bits per heavy atom. The van der Waals surface area contributed by atoms with Crippen LogP contribution in [-0.2, 0) is 4.79 Å². The van der Waals surface area contributed by atoms with Crippen molar-refractivity contribution in [3.8, 4) is 0 Å². The number of benzene rings is 1. The number of halogens is 2. The minimum atomic E-state index is -0.510. The monoisotopic (exact) mass is 323 g/mol. The zero-order valence-electron chi connectivity index (χ0n) is 10.8. The highest BCUT2D eigenvalue weighted by Gasteiger charge is 2.35. The molecular formula is C14H11Cl2N3O2. The Morgan fingerprint density at radius 2 is 2.14 bits per heavy atom. The van der Waals surface area contributed by atoms with E-state index in [0.29, 0.717) is 10.0 Å². The van der Waals surface area contributed by atoms with E-state index in [-0.39, 0.29) is 23.9 Å². The van der Waals surface area contributed by atoms with Gasteiger partial charge in [-0.25, -0.2) is 9.67 Å². The lowest BCUT2D eigenvalue weighted by atomic mass is 9.82. The molecule has 0 unspecified atom stereocenters. The van der Waals surface area contributed by atoms with Crippen LogP contribution in [0.4, 0.5) is 0 Å². The van der Waals surface area contributed by atoms with Crippen molar-refractivity contribution in [1.82, 2.24) is 14.8 Å². The first-order valence-corrected chi connectivity index (χ1v) is 7.04. The maximum atomic E-state index is 11.8. The number of aromatic nitrogens is 3. The number of carbonyl (C=O) groups is 1. The number of allylic oxidation sites excluding steroid dienone is 2. The fourth-order valence-corrected chi connectivity index (χ4v) is 3.16. The van der Waals surface area contributed by atoms with Crippen LogP contribution in [0.2, 0.25) is 10.0 Å². The summed E-state index contributed by atoms with van der Waals surface area (Å²) in [6, 6.07) is 4.59. The molecule has 1 aromatic heterocycles. The van der Waals surface area contributed by atoms with Gasteiger partial charge in [0.15, 0.2) is 5.78 Å². The van der Waals surface area contributed by atoms with Crippen molar-refractivity contribution < 1.29 is 9.90 Å². The van der Waals surface area contributed by atoms with Gasteiger partial charge >= 0.3 is 0 Å². The predicted octanol–water partition coefficient (Wildman–Crippen LogP) is 3.32. The summed E-state index contributed by atoms with van der Waals surface area (Å²) in [7, 11) is 0. The number of hydrogen-bond donors (Lipinski definition) is 1. The molecule has 7 heteroatoms.